The van der Waals surface area contributed by atoms with E-state index in [4.69, 9.17) is 11.6 Å². The fourth-order valence-electron chi connectivity index (χ4n) is 3.27. The van der Waals surface area contributed by atoms with Crippen LogP contribution in [0.4, 0.5) is 18.9 Å². The molecule has 2 aromatic carbocycles. The van der Waals surface area contributed by atoms with E-state index in [0.717, 1.165) is 23.3 Å². The molecule has 1 atom stereocenters. The molecule has 0 saturated carbocycles. The van der Waals surface area contributed by atoms with E-state index in [0.29, 0.717) is 21.0 Å². The molecule has 2 amide bonds. The maximum Gasteiger partial charge on any atom is 0.416 e. The molecule has 0 aliphatic heterocycles. The number of nitrogens with zero attached hydrogens (tertiary/aromatic N) is 2. The highest BCUT2D eigenvalue weighted by Gasteiger charge is 2.33. The molecule has 0 aliphatic carbocycles. The highest BCUT2D eigenvalue weighted by molar-refractivity contribution is 7.92. The summed E-state index contributed by atoms with van der Waals surface area (Å²) in [5.74, 6) is -1.25. The number of nitrogens with one attached hydrogen (secondary N) is 1. The smallest absolute Gasteiger partial charge is 0.352 e. The van der Waals surface area contributed by atoms with Gasteiger partial charge in [-0.3, -0.25) is 13.9 Å². The Labute approximate surface area is 207 Å². The number of sulfonamides is 1. The van der Waals surface area contributed by atoms with Crippen molar-refractivity contribution in [2.75, 3.05) is 17.1 Å². The quantitative estimate of drug-likeness (QED) is 0.526. The van der Waals surface area contributed by atoms with Crippen molar-refractivity contribution in [3.63, 3.8) is 0 Å². The Balaban J connectivity index is 2.45. The third kappa shape index (κ3) is 8.14. The third-order valence-electron chi connectivity index (χ3n) is 4.98. The average Bonchev–Trinajstić information content (AvgIpc) is 2.73. The molecule has 0 saturated heterocycles. The molecular weight excluding hydrogens is 507 g/mol. The normalized spacial score (nSPS) is 12.8. The van der Waals surface area contributed by atoms with Crippen molar-refractivity contribution >= 4 is 39.1 Å². The van der Waals surface area contributed by atoms with E-state index in [-0.39, 0.29) is 18.3 Å². The van der Waals surface area contributed by atoms with Gasteiger partial charge in [0.1, 0.15) is 12.6 Å². The van der Waals surface area contributed by atoms with E-state index < -0.39 is 46.2 Å². The van der Waals surface area contributed by atoms with E-state index >= 15 is 0 Å². The Bertz CT molecular complexity index is 1170. The van der Waals surface area contributed by atoms with Gasteiger partial charge in [-0.1, -0.05) is 29.8 Å². The molecule has 0 fully saturated rings. The number of alkyl halides is 3. The summed E-state index contributed by atoms with van der Waals surface area (Å²) in [5.41, 5.74) is -0.797. The first-order chi connectivity index (χ1) is 16.1. The largest absolute Gasteiger partial charge is 0.416 e. The summed E-state index contributed by atoms with van der Waals surface area (Å²) < 4.78 is 65.1. The molecule has 0 aromatic heterocycles. The van der Waals surface area contributed by atoms with Crippen molar-refractivity contribution in [1.82, 2.24) is 10.2 Å². The van der Waals surface area contributed by atoms with Crippen LogP contribution in [0.2, 0.25) is 5.02 Å². The summed E-state index contributed by atoms with van der Waals surface area (Å²) in [6.45, 7) is 4.08. The monoisotopic (exact) mass is 533 g/mol. The van der Waals surface area contributed by atoms with Crippen molar-refractivity contribution in [3.8, 4) is 0 Å². The fraction of sp³-hybridized carbons (Fsp3) is 0.391. The zero-order chi connectivity index (χ0) is 26.6. The van der Waals surface area contributed by atoms with Crippen LogP contribution < -0.4 is 9.62 Å². The van der Waals surface area contributed by atoms with Gasteiger partial charge >= 0.3 is 6.18 Å². The van der Waals surface area contributed by atoms with Crippen molar-refractivity contribution in [3.05, 3.63) is 64.7 Å². The predicted molar refractivity (Wildman–Crippen MR) is 128 cm³/mol. The molecule has 1 N–H and O–H groups in total. The number of amides is 2. The lowest BCUT2D eigenvalue weighted by atomic mass is 10.1. The second kappa shape index (κ2) is 11.3. The molecule has 7 nitrogen and oxygen atoms in total. The summed E-state index contributed by atoms with van der Waals surface area (Å²) >= 11 is 6.03. The number of anilines is 1. The summed E-state index contributed by atoms with van der Waals surface area (Å²) in [6.07, 6.45) is -3.91. The van der Waals surface area contributed by atoms with E-state index in [1.165, 1.54) is 13.0 Å². The maximum atomic E-state index is 13.4. The van der Waals surface area contributed by atoms with E-state index in [1.54, 1.807) is 38.1 Å². The number of benzene rings is 2. The Morgan fingerprint density at radius 3 is 2.23 bits per heavy atom. The summed E-state index contributed by atoms with van der Waals surface area (Å²) in [5, 5.41) is 3.10. The molecule has 1 unspecified atom stereocenters. The first-order valence-corrected chi connectivity index (χ1v) is 12.8. The van der Waals surface area contributed by atoms with E-state index in [2.05, 4.69) is 5.32 Å². The summed E-state index contributed by atoms with van der Waals surface area (Å²) in [7, 11) is -4.16. The Morgan fingerprint density at radius 2 is 1.69 bits per heavy atom. The number of hydrogen-bond acceptors (Lipinski definition) is 4. The van der Waals surface area contributed by atoms with Gasteiger partial charge in [-0.2, -0.15) is 13.2 Å². The Kier molecular flexibility index (Phi) is 9.18. The molecule has 2 rings (SSSR count). The van der Waals surface area contributed by atoms with Gasteiger partial charge in [0.15, 0.2) is 0 Å². The second-order valence-corrected chi connectivity index (χ2v) is 10.7. The molecule has 0 heterocycles. The van der Waals surface area contributed by atoms with Crippen molar-refractivity contribution in [1.29, 1.82) is 0 Å². The lowest BCUT2D eigenvalue weighted by Crippen LogP contribution is -2.52. The minimum atomic E-state index is -4.70. The average molecular weight is 534 g/mol. The highest BCUT2D eigenvalue weighted by Crippen LogP contribution is 2.32. The van der Waals surface area contributed by atoms with Crippen LogP contribution in [0.15, 0.2) is 48.5 Å². The Hall–Kier alpha value is -2.79. The van der Waals surface area contributed by atoms with E-state index in [9.17, 15) is 31.2 Å². The van der Waals surface area contributed by atoms with Gasteiger partial charge in [0.2, 0.25) is 21.8 Å². The maximum absolute atomic E-state index is 13.4. The number of carbonyl (C=O) groups is 2. The molecule has 0 spiro atoms. The van der Waals surface area contributed by atoms with Crippen LogP contribution in [0.1, 0.15) is 31.9 Å². The van der Waals surface area contributed by atoms with Gasteiger partial charge < -0.3 is 10.2 Å². The van der Waals surface area contributed by atoms with Crippen LogP contribution in [-0.4, -0.2) is 50.0 Å². The molecule has 2 aromatic rings. The van der Waals surface area contributed by atoms with Gasteiger partial charge in [0.05, 0.1) is 17.5 Å². The van der Waals surface area contributed by atoms with Gasteiger partial charge in [0.25, 0.3) is 0 Å². The predicted octanol–water partition coefficient (Wildman–Crippen LogP) is 4.07. The van der Waals surface area contributed by atoms with Gasteiger partial charge in [0, 0.05) is 17.6 Å². The first kappa shape index (κ1) is 28.4. The molecule has 192 valence electrons. The van der Waals surface area contributed by atoms with Crippen LogP contribution in [0.25, 0.3) is 0 Å². The van der Waals surface area contributed by atoms with Crippen LogP contribution in [0, 0.1) is 0 Å². The summed E-state index contributed by atoms with van der Waals surface area (Å²) in [4.78, 5) is 27.2. The molecule has 35 heavy (non-hydrogen) atoms. The SMILES string of the molecule is CC(C)NC(=O)C(C)N(Cc1cccc(Cl)c1)C(=O)CN(c1cccc(C(F)(F)F)c1)S(C)(=O)=O. The number of hydrogen-bond donors (Lipinski definition) is 1. The minimum Gasteiger partial charge on any atom is -0.352 e. The zero-order valence-corrected chi connectivity index (χ0v) is 21.2. The zero-order valence-electron chi connectivity index (χ0n) is 19.6. The summed E-state index contributed by atoms with van der Waals surface area (Å²) in [6, 6.07) is 9.02. The minimum absolute atomic E-state index is 0.0771. The van der Waals surface area contributed by atoms with Gasteiger partial charge in [-0.15, -0.1) is 0 Å². The lowest BCUT2D eigenvalue weighted by molar-refractivity contribution is -0.139. The topological polar surface area (TPSA) is 86.8 Å². The molecule has 0 radical (unpaired) electrons. The van der Waals surface area contributed by atoms with Crippen LogP contribution in [0.5, 0.6) is 0 Å². The van der Waals surface area contributed by atoms with E-state index in [1.807, 2.05) is 0 Å². The van der Waals surface area contributed by atoms with Crippen LogP contribution in [-0.2, 0) is 32.3 Å². The van der Waals surface area contributed by atoms with Crippen molar-refractivity contribution in [2.45, 2.75) is 45.6 Å². The molecule has 0 bridgehead atoms. The van der Waals surface area contributed by atoms with Crippen LogP contribution >= 0.6 is 11.6 Å². The molecule has 0 aliphatic rings. The van der Waals surface area contributed by atoms with Crippen LogP contribution in [0.3, 0.4) is 0 Å². The number of carbonyl (C=O) groups excluding carboxylic acids is 2. The van der Waals surface area contributed by atoms with Crippen molar-refractivity contribution in [2.24, 2.45) is 0 Å². The highest BCUT2D eigenvalue weighted by atomic mass is 35.5. The number of rotatable bonds is 9. The fourth-order valence-corrected chi connectivity index (χ4v) is 4.33. The molecular formula is C23H27ClF3N3O4S. The van der Waals surface area contributed by atoms with Crippen molar-refractivity contribution < 1.29 is 31.2 Å². The Morgan fingerprint density at radius 1 is 1.06 bits per heavy atom. The first-order valence-electron chi connectivity index (χ1n) is 10.6. The standard InChI is InChI=1S/C23H27ClF3N3O4S/c1-15(2)28-22(32)16(3)29(13-17-7-5-9-19(24)11-17)21(31)14-30(35(4,33)34)20-10-6-8-18(12-20)23(25,26)27/h5-12,15-16H,13-14H2,1-4H3,(H,28,32). The third-order valence-corrected chi connectivity index (χ3v) is 6.36. The number of halogens is 4. The molecule has 12 heteroatoms. The van der Waals surface area contributed by atoms with Gasteiger partial charge in [-0.05, 0) is 56.7 Å². The van der Waals surface area contributed by atoms with Gasteiger partial charge in [-0.25, -0.2) is 8.42 Å². The lowest BCUT2D eigenvalue weighted by Gasteiger charge is -2.32. The second-order valence-electron chi connectivity index (χ2n) is 8.31.